The number of aromatic nitrogens is 5. The molecule has 3 saturated heterocycles. The number of rotatable bonds is 25. The van der Waals surface area contributed by atoms with Crippen LogP contribution in [-0.4, -0.2) is 207 Å². The summed E-state index contributed by atoms with van der Waals surface area (Å²) in [6.45, 7) is 8.47. The molecule has 2 bridgehead atoms. The summed E-state index contributed by atoms with van der Waals surface area (Å²) in [5, 5.41) is 36.5. The van der Waals surface area contributed by atoms with Crippen LogP contribution in [0.5, 0.6) is 0 Å². The number of nitrogens with two attached hydrogens (primary N) is 1. The molecule has 0 unspecified atom stereocenters. The Hall–Kier alpha value is -8.61. The molecule has 30 heteroatoms. The third-order valence-corrected chi connectivity index (χ3v) is 19.4. The lowest BCUT2D eigenvalue weighted by molar-refractivity contribution is -0.143. The van der Waals surface area contributed by atoms with Crippen LogP contribution in [0.3, 0.4) is 0 Å². The fraction of sp³-hybridized carbons (Fsp3) is 0.582. The smallest absolute Gasteiger partial charge is 0.315 e. The van der Waals surface area contributed by atoms with Crippen molar-refractivity contribution in [2.45, 2.75) is 177 Å². The first kappa shape index (κ1) is 72.7. The van der Waals surface area contributed by atoms with E-state index in [1.165, 1.54) is 9.58 Å². The van der Waals surface area contributed by atoms with Crippen LogP contribution in [0.15, 0.2) is 67.1 Å². The van der Waals surface area contributed by atoms with Crippen LogP contribution in [0.1, 0.15) is 109 Å². The Morgan fingerprint density at radius 3 is 2.00 bits per heavy atom. The minimum Gasteiger partial charge on any atom is -0.377 e. The average Bonchev–Trinajstić information content (AvgIpc) is 1.74. The lowest BCUT2D eigenvalue weighted by Crippen LogP contribution is -2.61. The highest BCUT2D eigenvalue weighted by atomic mass is 32.2. The number of H-pyrrole nitrogens is 2. The van der Waals surface area contributed by atoms with Crippen molar-refractivity contribution in [1.82, 2.24) is 77.7 Å². The monoisotopic (exact) mass is 1360 g/mol. The Morgan fingerprint density at radius 2 is 1.32 bits per heavy atom. The van der Waals surface area contributed by atoms with Gasteiger partial charge in [0.25, 0.3) is 0 Å². The molecule has 7 heterocycles. The number of unbranched alkanes of at least 4 members (excludes halogenated alkanes) is 1. The SMILES string of the molecule is CC(C)C[C@H]1NC(=O)[C@H]2CCCN2C(=O)[C@@H](C(C)C)NC(=O)[C@@H](Cc2c[nH]c3ccccc23)NC(=O)[C@@H](NC(=O)COCCOCCOCCNC(=O)CCCC[C@H]2SC[C@H]3NC(=O)N[C@H]32)Cc2cn(nn2)CCCC[C@@H](C(N)=O)NC(=O)[C@@H](Cc2c[nH]c3ccccc23)NC1=O. The number of thioether (sulfide) groups is 1. The van der Waals surface area contributed by atoms with Crippen molar-refractivity contribution >= 4 is 92.8 Å². The number of ether oxygens (including phenoxy) is 3. The Balaban J connectivity index is 0.861. The zero-order chi connectivity index (χ0) is 69.0. The van der Waals surface area contributed by atoms with Gasteiger partial charge in [-0.05, 0) is 86.5 Å². The van der Waals surface area contributed by atoms with Gasteiger partial charge in [0, 0.05) is 96.7 Å². The van der Waals surface area contributed by atoms with Gasteiger partial charge in [-0.3, -0.25) is 47.8 Å². The van der Waals surface area contributed by atoms with E-state index in [1.807, 2.05) is 74.1 Å². The molecule has 3 fully saturated rings. The second kappa shape index (κ2) is 35.6. The van der Waals surface area contributed by atoms with Crippen molar-refractivity contribution in [3.05, 3.63) is 83.9 Å². The van der Waals surface area contributed by atoms with Crippen molar-refractivity contribution in [1.29, 1.82) is 0 Å². The highest BCUT2D eigenvalue weighted by Crippen LogP contribution is 2.33. The Kier molecular flexibility index (Phi) is 26.7. The Morgan fingerprint density at radius 1 is 0.680 bits per heavy atom. The Bertz CT molecular complexity index is 3540. The number of nitrogens with zero attached hydrogens (tertiary/aromatic N) is 4. The van der Waals surface area contributed by atoms with Crippen LogP contribution in [0.2, 0.25) is 0 Å². The van der Waals surface area contributed by atoms with Crippen molar-refractivity contribution < 1.29 is 62.2 Å². The second-order valence-electron chi connectivity index (χ2n) is 26.1. The summed E-state index contributed by atoms with van der Waals surface area (Å²) < 4.78 is 18.5. The van der Waals surface area contributed by atoms with Gasteiger partial charge in [0.2, 0.25) is 53.2 Å². The molecule has 9 rings (SSSR count). The standard InChI is InChI=1S/C67H94N16O13S/c1-39(2)30-49-61(87)74-50(31-41-34-70-46-16-7-5-14-44(41)46)62(88)73-48(60(68)86)18-11-12-23-82-36-43(80-81-82)33-52(72-57(85)37-96-29-28-95-27-26-94-25-22-69-56(84)21-10-9-20-55-59-53(38-97-55)77-67(93)79-59)63(89)75-51(32-42-35-71-47-17-8-6-15-45(42)47)64(90)78-58(40(3)4)66(92)83-24-13-19-54(83)65(91)76-49/h5-8,14-17,34-36,39-40,48-55,58-59,70-71H,9-13,18-33,37-38H2,1-4H3,(H2,68,86)(H,69,84)(H,72,85)(H,73,88)(H,74,87)(H,75,89)(H,76,91)(H,78,90)(H2,77,79,93)/t48-,49+,50+,51+,52-,53+,54+,55+,58+,59+/m0/s1. The largest absolute Gasteiger partial charge is 0.377 e. The molecule has 13 N–H and O–H groups in total. The molecular weight excluding hydrogens is 1270 g/mol. The minimum absolute atomic E-state index is 0.00539. The number of carbonyl (C=O) groups is 10. The van der Waals surface area contributed by atoms with E-state index in [4.69, 9.17) is 19.9 Å². The number of para-hydroxylation sites is 2. The van der Waals surface area contributed by atoms with E-state index in [9.17, 15) is 47.9 Å². The van der Waals surface area contributed by atoms with Gasteiger partial charge in [0.05, 0.1) is 50.8 Å². The van der Waals surface area contributed by atoms with E-state index in [2.05, 4.69) is 68.1 Å². The van der Waals surface area contributed by atoms with Crippen LogP contribution >= 0.6 is 11.8 Å². The number of amides is 11. The Labute approximate surface area is 567 Å². The van der Waals surface area contributed by atoms with Crippen LogP contribution in [0.4, 0.5) is 4.79 Å². The molecule has 29 nitrogen and oxygen atoms in total. The first-order valence-electron chi connectivity index (χ1n) is 33.9. The third-order valence-electron chi connectivity index (χ3n) is 17.9. The number of urea groups is 1. The van der Waals surface area contributed by atoms with Crippen molar-refractivity contribution in [2.75, 3.05) is 58.5 Å². The topological polar surface area (TPSA) is 398 Å². The van der Waals surface area contributed by atoms with Crippen LogP contribution in [0.25, 0.3) is 21.8 Å². The lowest BCUT2D eigenvalue weighted by atomic mass is 9.99. The van der Waals surface area contributed by atoms with Gasteiger partial charge in [-0.2, -0.15) is 11.8 Å². The molecule has 2 aromatic carbocycles. The van der Waals surface area contributed by atoms with Gasteiger partial charge in [0.15, 0.2) is 0 Å². The minimum atomic E-state index is -1.35. The van der Waals surface area contributed by atoms with Crippen molar-refractivity contribution in [3.63, 3.8) is 0 Å². The van der Waals surface area contributed by atoms with Gasteiger partial charge in [-0.15, -0.1) is 5.10 Å². The maximum absolute atomic E-state index is 15.0. The average molecular weight is 1360 g/mol. The molecule has 97 heavy (non-hydrogen) atoms. The molecule has 10 atom stereocenters. The summed E-state index contributed by atoms with van der Waals surface area (Å²) in [5.74, 6) is -5.24. The maximum atomic E-state index is 15.0. The summed E-state index contributed by atoms with van der Waals surface area (Å²) >= 11 is 1.85. The van der Waals surface area contributed by atoms with Crippen molar-refractivity contribution in [3.8, 4) is 0 Å². The molecule has 0 aliphatic carbocycles. The molecule has 526 valence electrons. The molecular formula is C67H94N16O13S. The summed E-state index contributed by atoms with van der Waals surface area (Å²) in [5.41, 5.74) is 9.19. The molecule has 5 aromatic rings. The van der Waals surface area contributed by atoms with Gasteiger partial charge in [-0.25, -0.2) is 4.79 Å². The van der Waals surface area contributed by atoms with Crippen LogP contribution < -0.4 is 53.6 Å². The number of aryl methyl sites for hydroxylation is 1. The zero-order valence-corrected chi connectivity index (χ0v) is 56.4. The lowest BCUT2D eigenvalue weighted by Gasteiger charge is -2.32. The van der Waals surface area contributed by atoms with Gasteiger partial charge < -0.3 is 82.7 Å². The molecule has 4 aliphatic heterocycles. The highest BCUT2D eigenvalue weighted by Gasteiger charge is 2.44. The number of benzene rings is 2. The first-order valence-corrected chi connectivity index (χ1v) is 34.9. The summed E-state index contributed by atoms with van der Waals surface area (Å²) in [4.78, 5) is 147. The number of hydrogen-bond donors (Lipinski definition) is 12. The summed E-state index contributed by atoms with van der Waals surface area (Å²) in [6.07, 6.45) is 9.59. The van der Waals surface area contributed by atoms with Gasteiger partial charge >= 0.3 is 6.03 Å². The molecule has 0 spiro atoms. The van der Waals surface area contributed by atoms with E-state index in [1.54, 1.807) is 32.4 Å². The highest BCUT2D eigenvalue weighted by molar-refractivity contribution is 8.00. The summed E-state index contributed by atoms with van der Waals surface area (Å²) in [6, 6.07) is 6.67. The van der Waals surface area contributed by atoms with E-state index in [0.29, 0.717) is 54.3 Å². The molecule has 0 radical (unpaired) electrons. The summed E-state index contributed by atoms with van der Waals surface area (Å²) in [7, 11) is 0. The third kappa shape index (κ3) is 20.7. The molecule has 4 aliphatic rings. The van der Waals surface area contributed by atoms with E-state index in [0.717, 1.165) is 46.8 Å². The first-order chi connectivity index (χ1) is 46.8. The van der Waals surface area contributed by atoms with Gasteiger partial charge in [-0.1, -0.05) is 75.7 Å². The molecule has 0 saturated carbocycles. The van der Waals surface area contributed by atoms with Crippen LogP contribution in [0, 0.1) is 11.8 Å². The number of nitrogens with one attached hydrogen (secondary N) is 11. The normalized spacial score (nSPS) is 24.2. The fourth-order valence-electron chi connectivity index (χ4n) is 12.8. The predicted octanol–water partition coefficient (Wildman–Crippen LogP) is 1.43. The second-order valence-corrected chi connectivity index (χ2v) is 27.4. The van der Waals surface area contributed by atoms with E-state index < -0.39 is 102 Å². The van der Waals surface area contributed by atoms with Crippen molar-refractivity contribution in [2.24, 2.45) is 17.6 Å². The number of fused-ring (bicyclic) bond motifs is 6. The van der Waals surface area contributed by atoms with Gasteiger partial charge in [0.1, 0.15) is 48.9 Å². The van der Waals surface area contributed by atoms with E-state index in [-0.39, 0.29) is 115 Å². The fourth-order valence-corrected chi connectivity index (χ4v) is 14.4. The quantitative estimate of drug-likeness (QED) is 0.0290. The zero-order valence-electron chi connectivity index (χ0n) is 55.6. The molecule has 11 amide bonds. The number of primary amides is 1. The maximum Gasteiger partial charge on any atom is 0.315 e. The number of aromatic amines is 2. The number of hydrogen-bond acceptors (Lipinski definition) is 16. The van der Waals surface area contributed by atoms with E-state index >= 15 is 0 Å². The van der Waals surface area contributed by atoms with Crippen LogP contribution in [-0.2, 0) is 83.2 Å². The number of carbonyl (C=O) groups excluding carboxylic acids is 10. The predicted molar refractivity (Wildman–Crippen MR) is 361 cm³/mol. The molecule has 3 aromatic heterocycles.